The molecular weight excluding hydrogens is 236 g/mol. The molecule has 1 heterocycles. The van der Waals surface area contributed by atoms with Gasteiger partial charge in [-0.2, -0.15) is 0 Å². The van der Waals surface area contributed by atoms with Crippen molar-refractivity contribution in [1.82, 2.24) is 0 Å². The lowest BCUT2D eigenvalue weighted by Gasteiger charge is -2.25. The molecule has 2 aliphatic carbocycles. The van der Waals surface area contributed by atoms with Crippen LogP contribution in [0.2, 0.25) is 0 Å². The molecule has 2 fully saturated rings. The molecule has 0 aromatic carbocycles. The van der Waals surface area contributed by atoms with Gasteiger partial charge in [0.25, 0.3) is 0 Å². The van der Waals surface area contributed by atoms with E-state index in [1.807, 2.05) is 0 Å². The summed E-state index contributed by atoms with van der Waals surface area (Å²) in [4.78, 5) is 12.1. The van der Waals surface area contributed by atoms with Crippen LogP contribution in [0.5, 0.6) is 0 Å². The third-order valence-corrected chi connectivity index (χ3v) is 5.10. The van der Waals surface area contributed by atoms with Crippen molar-refractivity contribution >= 4 is 5.78 Å². The number of ether oxygens (including phenoxy) is 1. The van der Waals surface area contributed by atoms with Crippen molar-refractivity contribution in [2.45, 2.75) is 45.6 Å². The van der Waals surface area contributed by atoms with Crippen LogP contribution < -0.4 is 0 Å². The first-order valence-electron chi connectivity index (χ1n) is 7.75. The van der Waals surface area contributed by atoms with Gasteiger partial charge in [0.05, 0.1) is 12.7 Å². The number of fused-ring (bicyclic) bond motifs is 2. The smallest absolute Gasteiger partial charge is 0.140 e. The summed E-state index contributed by atoms with van der Waals surface area (Å²) >= 11 is 0. The number of Topliss-reactive ketones (excluding diaryl/α,β-unsaturated/α-hetero) is 1. The average Bonchev–Trinajstić information content (AvgIpc) is 2.89. The van der Waals surface area contributed by atoms with Crippen LogP contribution in [0.15, 0.2) is 23.8 Å². The van der Waals surface area contributed by atoms with Crippen molar-refractivity contribution in [2.75, 3.05) is 6.61 Å². The Bertz CT molecular complexity index is 421. The summed E-state index contributed by atoms with van der Waals surface area (Å²) in [6.07, 6.45) is 11.4. The van der Waals surface area contributed by atoms with Gasteiger partial charge in [-0.1, -0.05) is 31.6 Å². The fourth-order valence-corrected chi connectivity index (χ4v) is 3.96. The largest absolute Gasteiger partial charge is 0.374 e. The zero-order valence-corrected chi connectivity index (χ0v) is 12.0. The van der Waals surface area contributed by atoms with Crippen molar-refractivity contribution in [3.8, 4) is 0 Å². The van der Waals surface area contributed by atoms with Crippen LogP contribution in [0.25, 0.3) is 0 Å². The Morgan fingerprint density at radius 3 is 3.00 bits per heavy atom. The van der Waals surface area contributed by atoms with Crippen LogP contribution in [0.3, 0.4) is 0 Å². The lowest BCUT2D eigenvalue weighted by molar-refractivity contribution is -0.119. The molecule has 0 N–H and O–H groups in total. The third kappa shape index (κ3) is 2.31. The van der Waals surface area contributed by atoms with Gasteiger partial charge in [-0.15, -0.1) is 0 Å². The van der Waals surface area contributed by atoms with Crippen LogP contribution >= 0.6 is 0 Å². The van der Waals surface area contributed by atoms with E-state index in [9.17, 15) is 4.79 Å². The molecule has 1 saturated heterocycles. The number of carbonyl (C=O) groups is 1. The van der Waals surface area contributed by atoms with Crippen molar-refractivity contribution in [3.63, 3.8) is 0 Å². The molecule has 0 spiro atoms. The summed E-state index contributed by atoms with van der Waals surface area (Å²) in [5.74, 6) is 2.08. The van der Waals surface area contributed by atoms with Crippen LogP contribution in [-0.4, -0.2) is 18.5 Å². The second-order valence-electron chi connectivity index (χ2n) is 6.28. The SMILES string of the molecule is CCCC1/C=C\C2CCC(=O)C2/C=C2\C1CO[C@@H]2C. The Morgan fingerprint density at radius 2 is 2.21 bits per heavy atom. The Morgan fingerprint density at radius 1 is 1.37 bits per heavy atom. The number of rotatable bonds is 2. The van der Waals surface area contributed by atoms with Gasteiger partial charge in [0, 0.05) is 18.3 Å². The molecule has 0 radical (unpaired) electrons. The topological polar surface area (TPSA) is 26.3 Å². The van der Waals surface area contributed by atoms with E-state index in [0.717, 1.165) is 19.4 Å². The first kappa shape index (κ1) is 13.1. The van der Waals surface area contributed by atoms with Gasteiger partial charge in [0.2, 0.25) is 0 Å². The number of ketones is 1. The monoisotopic (exact) mass is 260 g/mol. The van der Waals surface area contributed by atoms with Crippen molar-refractivity contribution in [3.05, 3.63) is 23.8 Å². The molecular formula is C17H24O2. The van der Waals surface area contributed by atoms with E-state index in [1.165, 1.54) is 18.4 Å². The summed E-state index contributed by atoms with van der Waals surface area (Å²) in [5, 5.41) is 0. The second-order valence-corrected chi connectivity index (χ2v) is 6.28. The van der Waals surface area contributed by atoms with Crippen molar-refractivity contribution in [1.29, 1.82) is 0 Å². The minimum absolute atomic E-state index is 0.125. The predicted molar refractivity (Wildman–Crippen MR) is 75.7 cm³/mol. The van der Waals surface area contributed by atoms with Gasteiger partial charge in [-0.05, 0) is 37.2 Å². The van der Waals surface area contributed by atoms with Crippen LogP contribution in [0.1, 0.15) is 39.5 Å². The minimum Gasteiger partial charge on any atom is -0.374 e. The summed E-state index contributed by atoms with van der Waals surface area (Å²) in [7, 11) is 0. The normalized spacial score (nSPS) is 45.9. The van der Waals surface area contributed by atoms with E-state index >= 15 is 0 Å². The fourth-order valence-electron chi connectivity index (χ4n) is 3.96. The molecule has 5 atom stereocenters. The molecule has 2 heteroatoms. The van der Waals surface area contributed by atoms with Gasteiger partial charge < -0.3 is 4.74 Å². The molecule has 0 aromatic heterocycles. The first-order chi connectivity index (χ1) is 9.20. The van der Waals surface area contributed by atoms with E-state index in [-0.39, 0.29) is 12.0 Å². The highest BCUT2D eigenvalue weighted by Crippen LogP contribution is 2.41. The van der Waals surface area contributed by atoms with E-state index in [2.05, 4.69) is 32.1 Å². The molecule has 3 aliphatic rings. The third-order valence-electron chi connectivity index (χ3n) is 5.10. The molecule has 19 heavy (non-hydrogen) atoms. The lowest BCUT2D eigenvalue weighted by atomic mass is 9.77. The van der Waals surface area contributed by atoms with Gasteiger partial charge in [0.15, 0.2) is 0 Å². The van der Waals surface area contributed by atoms with Crippen LogP contribution in [-0.2, 0) is 9.53 Å². The Balaban J connectivity index is 1.95. The lowest BCUT2D eigenvalue weighted by Crippen LogP contribution is -2.21. The molecule has 0 amide bonds. The number of hydrogen-bond acceptors (Lipinski definition) is 2. The molecule has 104 valence electrons. The summed E-state index contributed by atoms with van der Waals surface area (Å²) in [6.45, 7) is 5.21. The molecule has 1 saturated carbocycles. The first-order valence-corrected chi connectivity index (χ1v) is 7.75. The van der Waals surface area contributed by atoms with Crippen molar-refractivity contribution in [2.24, 2.45) is 23.7 Å². The summed E-state index contributed by atoms with van der Waals surface area (Å²) < 4.78 is 5.86. The Labute approximate surface area is 115 Å². The number of carbonyl (C=O) groups excluding carboxylic acids is 1. The molecule has 0 aromatic rings. The zero-order valence-electron chi connectivity index (χ0n) is 12.0. The predicted octanol–water partition coefficient (Wildman–Crippen LogP) is 3.53. The van der Waals surface area contributed by atoms with E-state index in [4.69, 9.17) is 4.74 Å². The van der Waals surface area contributed by atoms with E-state index in [1.54, 1.807) is 0 Å². The van der Waals surface area contributed by atoms with E-state index < -0.39 is 0 Å². The average molecular weight is 260 g/mol. The maximum absolute atomic E-state index is 12.1. The molecule has 4 unspecified atom stereocenters. The maximum atomic E-state index is 12.1. The summed E-state index contributed by atoms with van der Waals surface area (Å²) in [6, 6.07) is 0. The fraction of sp³-hybridized carbons (Fsp3) is 0.706. The minimum atomic E-state index is 0.125. The quantitative estimate of drug-likeness (QED) is 0.710. The number of hydrogen-bond donors (Lipinski definition) is 0. The maximum Gasteiger partial charge on any atom is 0.140 e. The molecule has 3 rings (SSSR count). The van der Waals surface area contributed by atoms with E-state index in [0.29, 0.717) is 23.5 Å². The van der Waals surface area contributed by atoms with Gasteiger partial charge >= 0.3 is 0 Å². The molecule has 0 bridgehead atoms. The molecule has 1 aliphatic heterocycles. The Kier molecular flexibility index (Phi) is 3.62. The second kappa shape index (κ2) is 5.24. The highest BCUT2D eigenvalue weighted by atomic mass is 16.5. The van der Waals surface area contributed by atoms with Gasteiger partial charge in [-0.3, -0.25) is 4.79 Å². The highest BCUT2D eigenvalue weighted by Gasteiger charge is 2.39. The van der Waals surface area contributed by atoms with Crippen LogP contribution in [0.4, 0.5) is 0 Å². The van der Waals surface area contributed by atoms with Crippen molar-refractivity contribution < 1.29 is 9.53 Å². The molecule has 2 nitrogen and oxygen atoms in total. The highest BCUT2D eigenvalue weighted by molar-refractivity contribution is 5.85. The Hall–Kier alpha value is -0.890. The van der Waals surface area contributed by atoms with Gasteiger partial charge in [0.1, 0.15) is 5.78 Å². The standard InChI is InChI=1S/C17H24O2/c1-3-4-12-5-6-13-7-8-17(18)15(13)9-14-11(2)19-10-16(12)14/h5-6,9,11-13,15-16H,3-4,7-8,10H2,1-2H3/b6-5-,14-9-/t11-,12?,13?,15?,16?/m1/s1. The zero-order chi connectivity index (χ0) is 13.4. The van der Waals surface area contributed by atoms with Gasteiger partial charge in [-0.25, -0.2) is 0 Å². The summed E-state index contributed by atoms with van der Waals surface area (Å²) in [5.41, 5.74) is 1.40. The number of allylic oxidation sites excluding steroid dienone is 3. The van der Waals surface area contributed by atoms with Crippen LogP contribution in [0, 0.1) is 23.7 Å².